The molecule has 0 saturated heterocycles. The van der Waals surface area contributed by atoms with Crippen molar-refractivity contribution >= 4 is 21.9 Å². The van der Waals surface area contributed by atoms with Crippen molar-refractivity contribution in [2.75, 3.05) is 0 Å². The van der Waals surface area contributed by atoms with E-state index < -0.39 is 0 Å². The monoisotopic (exact) mass is 458 g/mol. The molecule has 1 unspecified atom stereocenters. The minimum absolute atomic E-state index is 0.333. The van der Waals surface area contributed by atoms with Crippen LogP contribution < -0.4 is 10.4 Å². The van der Waals surface area contributed by atoms with Gasteiger partial charge in [-0.15, -0.1) is 0 Å². The van der Waals surface area contributed by atoms with Crippen LogP contribution in [0.15, 0.2) is 145 Å². The van der Waals surface area contributed by atoms with Gasteiger partial charge in [0.05, 0.1) is 0 Å². The number of allylic oxidation sites excluding steroid dienone is 4. The third-order valence-corrected chi connectivity index (χ3v) is 7.62. The maximum Gasteiger partial charge on any atom is 0.0143 e. The molecule has 0 nitrogen and oxygen atoms in total. The van der Waals surface area contributed by atoms with Gasteiger partial charge < -0.3 is 0 Å². The molecule has 0 heteroatoms. The van der Waals surface area contributed by atoms with Crippen molar-refractivity contribution < 1.29 is 0 Å². The fourth-order valence-electron chi connectivity index (χ4n) is 6.03. The van der Waals surface area contributed by atoms with Gasteiger partial charge in [0, 0.05) is 5.92 Å². The first-order chi connectivity index (χ1) is 17.9. The Morgan fingerprint density at radius 3 is 2.08 bits per heavy atom. The minimum Gasteiger partial charge on any atom is -0.0836 e. The second kappa shape index (κ2) is 8.66. The van der Waals surface area contributed by atoms with Crippen LogP contribution in [0.1, 0.15) is 17.5 Å². The van der Waals surface area contributed by atoms with Crippen LogP contribution >= 0.6 is 0 Å². The van der Waals surface area contributed by atoms with Crippen molar-refractivity contribution in [3.63, 3.8) is 0 Å². The normalized spacial score (nSPS) is 16.4. The Bertz CT molecular complexity index is 1780. The van der Waals surface area contributed by atoms with Crippen LogP contribution in [-0.4, -0.2) is 0 Å². The average Bonchev–Trinajstić information content (AvgIpc) is 2.96. The summed E-state index contributed by atoms with van der Waals surface area (Å²) >= 11 is 0. The van der Waals surface area contributed by atoms with Crippen LogP contribution in [0.5, 0.6) is 0 Å². The molecule has 0 saturated carbocycles. The summed E-state index contributed by atoms with van der Waals surface area (Å²) in [7, 11) is 0. The quantitative estimate of drug-likeness (QED) is 0.264. The van der Waals surface area contributed by atoms with Gasteiger partial charge in [-0.05, 0) is 72.7 Å². The zero-order valence-electron chi connectivity index (χ0n) is 20.1. The molecular weight excluding hydrogens is 432 g/mol. The molecular formula is C36H26. The van der Waals surface area contributed by atoms with Gasteiger partial charge in [-0.1, -0.05) is 133 Å². The molecule has 0 bridgehead atoms. The highest BCUT2D eigenvalue weighted by atomic mass is 14.3. The summed E-state index contributed by atoms with van der Waals surface area (Å²) < 4.78 is 0. The fraction of sp³-hybridized carbons (Fsp3) is 0.0556. The third-order valence-electron chi connectivity index (χ3n) is 7.62. The second-order valence-corrected chi connectivity index (χ2v) is 9.65. The first-order valence-electron chi connectivity index (χ1n) is 12.7. The lowest BCUT2D eigenvalue weighted by atomic mass is 9.72. The second-order valence-electron chi connectivity index (χ2n) is 9.65. The van der Waals surface area contributed by atoms with Crippen LogP contribution in [0.25, 0.3) is 33.0 Å². The molecule has 5 aromatic carbocycles. The first-order valence-corrected chi connectivity index (χ1v) is 12.7. The zero-order chi connectivity index (χ0) is 23.9. The van der Waals surface area contributed by atoms with Crippen molar-refractivity contribution in [1.82, 2.24) is 0 Å². The molecule has 7 rings (SSSR count). The minimum atomic E-state index is 0.333. The molecule has 0 spiro atoms. The van der Waals surface area contributed by atoms with Gasteiger partial charge in [-0.25, -0.2) is 0 Å². The lowest BCUT2D eigenvalue weighted by molar-refractivity contribution is 0.799. The summed E-state index contributed by atoms with van der Waals surface area (Å²) in [5.41, 5.74) is 9.39. The van der Waals surface area contributed by atoms with Gasteiger partial charge in [0.2, 0.25) is 0 Å². The van der Waals surface area contributed by atoms with Crippen molar-refractivity contribution in [1.29, 1.82) is 0 Å². The molecule has 0 aliphatic heterocycles. The molecule has 0 radical (unpaired) electrons. The predicted molar refractivity (Wildman–Crippen MR) is 152 cm³/mol. The van der Waals surface area contributed by atoms with E-state index in [4.69, 9.17) is 0 Å². The highest BCUT2D eigenvalue weighted by molar-refractivity contribution is 5.99. The predicted octanol–water partition coefficient (Wildman–Crippen LogP) is 7.42. The van der Waals surface area contributed by atoms with Crippen LogP contribution in [0, 0.1) is 5.92 Å². The summed E-state index contributed by atoms with van der Waals surface area (Å²) in [5, 5.41) is 5.29. The van der Waals surface area contributed by atoms with Gasteiger partial charge in [-0.2, -0.15) is 0 Å². The largest absolute Gasteiger partial charge is 0.0836 e. The lowest BCUT2D eigenvalue weighted by Crippen LogP contribution is -2.37. The number of hydrogen-bond donors (Lipinski definition) is 0. The van der Waals surface area contributed by atoms with Crippen molar-refractivity contribution in [3.8, 4) is 11.1 Å². The van der Waals surface area contributed by atoms with Crippen molar-refractivity contribution in [3.05, 3.63) is 167 Å². The van der Waals surface area contributed by atoms with E-state index in [9.17, 15) is 0 Å². The van der Waals surface area contributed by atoms with Crippen LogP contribution in [-0.2, 0) is 0 Å². The Balaban J connectivity index is 1.54. The average molecular weight is 459 g/mol. The smallest absolute Gasteiger partial charge is 0.0143 e. The van der Waals surface area contributed by atoms with Crippen molar-refractivity contribution in [2.24, 2.45) is 5.92 Å². The summed E-state index contributed by atoms with van der Waals surface area (Å²) in [6.45, 7) is 0. The fourth-order valence-corrected chi connectivity index (χ4v) is 6.03. The number of rotatable bonds is 3. The SMILES string of the molecule is C1=CCC2C(=C1)C(c1ccccc1)=c1ccccc1=C2c1cccc2cc(-c3ccccc3)ccc12. The van der Waals surface area contributed by atoms with E-state index in [1.54, 1.807) is 0 Å². The van der Waals surface area contributed by atoms with Crippen LogP contribution in [0.4, 0.5) is 0 Å². The molecule has 2 aliphatic carbocycles. The summed E-state index contributed by atoms with van der Waals surface area (Å²) in [6, 6.07) is 44.2. The van der Waals surface area contributed by atoms with E-state index in [1.165, 1.54) is 60.2 Å². The lowest BCUT2D eigenvalue weighted by Gasteiger charge is -2.31. The molecule has 36 heavy (non-hydrogen) atoms. The molecule has 0 amide bonds. The van der Waals surface area contributed by atoms with Gasteiger partial charge >= 0.3 is 0 Å². The Kier molecular flexibility index (Phi) is 5.03. The zero-order valence-corrected chi connectivity index (χ0v) is 20.1. The standard InChI is InChI=1S/C36H26/c1-3-12-25(13-4-1)27-22-23-29-28(24-27)16-11-21-30(29)36-33-19-9-7-17-31(33)35(26-14-5-2-6-15-26)32-18-8-10-20-34(32)36/h1-19,21-24,34H,20H2. The van der Waals surface area contributed by atoms with E-state index in [1.807, 2.05) is 0 Å². The highest BCUT2D eigenvalue weighted by Gasteiger charge is 2.29. The Hall–Kier alpha value is -4.42. The van der Waals surface area contributed by atoms with Crippen molar-refractivity contribution in [2.45, 2.75) is 6.42 Å². The molecule has 2 aliphatic rings. The maximum atomic E-state index is 2.34. The summed E-state index contributed by atoms with van der Waals surface area (Å²) in [6.07, 6.45) is 7.91. The topological polar surface area (TPSA) is 0 Å². The summed E-state index contributed by atoms with van der Waals surface area (Å²) in [4.78, 5) is 0. The highest BCUT2D eigenvalue weighted by Crippen LogP contribution is 2.42. The molecule has 0 N–H and O–H groups in total. The molecule has 1 atom stereocenters. The van der Waals surface area contributed by atoms with Crippen LogP contribution in [0.2, 0.25) is 0 Å². The number of benzene rings is 5. The molecule has 0 aromatic heterocycles. The number of hydrogen-bond acceptors (Lipinski definition) is 0. The Morgan fingerprint density at radius 2 is 1.28 bits per heavy atom. The first kappa shape index (κ1) is 20.9. The Morgan fingerprint density at radius 1 is 0.556 bits per heavy atom. The number of fused-ring (bicyclic) bond motifs is 3. The van der Waals surface area contributed by atoms with E-state index in [0.717, 1.165) is 6.42 Å². The summed E-state index contributed by atoms with van der Waals surface area (Å²) in [5.74, 6) is 0.333. The van der Waals surface area contributed by atoms with E-state index in [2.05, 4.69) is 140 Å². The van der Waals surface area contributed by atoms with E-state index in [-0.39, 0.29) is 0 Å². The third kappa shape index (κ3) is 3.38. The van der Waals surface area contributed by atoms with E-state index in [0.29, 0.717) is 5.92 Å². The molecule has 170 valence electrons. The Labute approximate surface area is 211 Å². The van der Waals surface area contributed by atoms with Gasteiger partial charge in [0.1, 0.15) is 0 Å². The van der Waals surface area contributed by atoms with Gasteiger partial charge in [0.15, 0.2) is 0 Å². The molecule has 0 heterocycles. The van der Waals surface area contributed by atoms with Gasteiger partial charge in [-0.3, -0.25) is 0 Å². The molecule has 0 fully saturated rings. The van der Waals surface area contributed by atoms with E-state index >= 15 is 0 Å². The maximum absolute atomic E-state index is 2.34. The van der Waals surface area contributed by atoms with Gasteiger partial charge in [0.25, 0.3) is 0 Å². The van der Waals surface area contributed by atoms with Crippen LogP contribution in [0.3, 0.4) is 0 Å². The molecule has 5 aromatic rings.